The van der Waals surface area contributed by atoms with Crippen molar-refractivity contribution in [2.24, 2.45) is 0 Å². The molecule has 0 aliphatic carbocycles. The highest BCUT2D eigenvalue weighted by atomic mass is 16.5. The van der Waals surface area contributed by atoms with E-state index in [-0.39, 0.29) is 24.6 Å². The molecule has 1 aromatic heterocycles. The van der Waals surface area contributed by atoms with Crippen LogP contribution < -0.4 is 19.7 Å². The van der Waals surface area contributed by atoms with Crippen molar-refractivity contribution < 1.29 is 14.3 Å². The molecule has 0 radical (unpaired) electrons. The van der Waals surface area contributed by atoms with Gasteiger partial charge in [-0.1, -0.05) is 12.1 Å². The highest BCUT2D eigenvalue weighted by Crippen LogP contribution is 2.26. The molecule has 1 aliphatic heterocycles. The summed E-state index contributed by atoms with van der Waals surface area (Å²) >= 11 is 0. The third-order valence-corrected chi connectivity index (χ3v) is 5.31. The first-order valence-corrected chi connectivity index (χ1v) is 10.6. The van der Waals surface area contributed by atoms with Crippen LogP contribution in [0.1, 0.15) is 25.5 Å². The topological polar surface area (TPSA) is 68.6 Å². The van der Waals surface area contributed by atoms with E-state index in [1.54, 1.807) is 23.3 Å². The normalized spacial score (nSPS) is 14.6. The van der Waals surface area contributed by atoms with Gasteiger partial charge in [0.2, 0.25) is 5.91 Å². The summed E-state index contributed by atoms with van der Waals surface area (Å²) < 4.78 is 13.2. The molecule has 4 rings (SSSR count). The number of nitrogens with one attached hydrogen (secondary N) is 1. The first-order chi connectivity index (χ1) is 15.1. The van der Waals surface area contributed by atoms with Crippen LogP contribution in [0.25, 0.3) is 0 Å². The number of hydrogen-bond acceptors (Lipinski definition) is 5. The van der Waals surface area contributed by atoms with Gasteiger partial charge in [-0.3, -0.25) is 4.79 Å². The van der Waals surface area contributed by atoms with Crippen molar-refractivity contribution >= 4 is 11.6 Å². The molecule has 1 N–H and O–H groups in total. The second kappa shape index (κ2) is 9.55. The van der Waals surface area contributed by atoms with Gasteiger partial charge in [0.05, 0.1) is 32.1 Å². The highest BCUT2D eigenvalue weighted by molar-refractivity contribution is 5.76. The Morgan fingerprint density at radius 2 is 1.84 bits per heavy atom. The number of ether oxygens (including phenoxy) is 2. The molecule has 162 valence electrons. The van der Waals surface area contributed by atoms with Crippen LogP contribution in [-0.2, 0) is 11.3 Å². The standard InChI is InChI=1S/C24H28N4O3/c1-3-30-21-8-10-22(11-9-21)31-23-14-28(15-23)20-6-4-19(5-7-20)18(2)26-24(29)16-27-13-12-25-17-27/h4-13,17-18,23H,3,14-16H2,1-2H3,(H,26,29)/t18-/m0/s1. The number of carbonyl (C=O) groups is 1. The summed E-state index contributed by atoms with van der Waals surface area (Å²) in [5.41, 5.74) is 2.23. The Hall–Kier alpha value is -3.48. The van der Waals surface area contributed by atoms with E-state index >= 15 is 0 Å². The highest BCUT2D eigenvalue weighted by Gasteiger charge is 2.28. The summed E-state index contributed by atoms with van der Waals surface area (Å²) in [6, 6.07) is 16.0. The van der Waals surface area contributed by atoms with Crippen molar-refractivity contribution in [1.82, 2.24) is 14.9 Å². The molecule has 1 atom stereocenters. The summed E-state index contributed by atoms with van der Waals surface area (Å²) in [5.74, 6) is 1.69. The molecular weight excluding hydrogens is 392 g/mol. The lowest BCUT2D eigenvalue weighted by Crippen LogP contribution is -2.54. The van der Waals surface area contributed by atoms with Crippen molar-refractivity contribution in [1.29, 1.82) is 0 Å². The molecular formula is C24H28N4O3. The number of nitrogens with zero attached hydrogens (tertiary/aromatic N) is 3. The van der Waals surface area contributed by atoms with Gasteiger partial charge in [0.25, 0.3) is 0 Å². The zero-order valence-electron chi connectivity index (χ0n) is 17.9. The Bertz CT molecular complexity index is 965. The summed E-state index contributed by atoms with van der Waals surface area (Å²) in [4.78, 5) is 18.4. The summed E-state index contributed by atoms with van der Waals surface area (Å²) in [5, 5.41) is 3.03. The second-order valence-corrected chi connectivity index (χ2v) is 7.67. The Labute approximate surface area is 182 Å². The number of rotatable bonds is 9. The average molecular weight is 421 g/mol. The number of benzene rings is 2. The maximum atomic E-state index is 12.2. The van der Waals surface area contributed by atoms with Crippen LogP contribution in [0.5, 0.6) is 11.5 Å². The molecule has 7 nitrogen and oxygen atoms in total. The second-order valence-electron chi connectivity index (χ2n) is 7.67. The number of anilines is 1. The molecule has 7 heteroatoms. The minimum absolute atomic E-state index is 0.0356. The molecule has 1 amide bonds. The van der Waals surface area contributed by atoms with Crippen LogP contribution in [0.4, 0.5) is 5.69 Å². The van der Waals surface area contributed by atoms with Gasteiger partial charge in [0.15, 0.2) is 0 Å². The van der Waals surface area contributed by atoms with Crippen LogP contribution in [-0.4, -0.2) is 41.3 Å². The lowest BCUT2D eigenvalue weighted by molar-refractivity contribution is -0.122. The number of amides is 1. The van der Waals surface area contributed by atoms with E-state index in [1.807, 2.05) is 38.1 Å². The van der Waals surface area contributed by atoms with E-state index in [9.17, 15) is 4.79 Å². The third-order valence-electron chi connectivity index (χ3n) is 5.31. The minimum Gasteiger partial charge on any atom is -0.494 e. The fraction of sp³-hybridized carbons (Fsp3) is 0.333. The van der Waals surface area contributed by atoms with E-state index in [0.717, 1.165) is 35.8 Å². The Kier molecular flexibility index (Phi) is 6.40. The van der Waals surface area contributed by atoms with Crippen molar-refractivity contribution in [2.45, 2.75) is 32.5 Å². The molecule has 2 aromatic carbocycles. The van der Waals surface area contributed by atoms with Gasteiger partial charge in [0.1, 0.15) is 24.1 Å². The lowest BCUT2D eigenvalue weighted by Gasteiger charge is -2.40. The van der Waals surface area contributed by atoms with Crippen LogP contribution in [0.2, 0.25) is 0 Å². The SMILES string of the molecule is CCOc1ccc(OC2CN(c3ccc([C@H](C)NC(=O)Cn4ccnc4)cc3)C2)cc1. The molecule has 0 unspecified atom stereocenters. The molecule has 1 fully saturated rings. The van der Waals surface area contributed by atoms with E-state index in [0.29, 0.717) is 6.61 Å². The summed E-state index contributed by atoms with van der Waals surface area (Å²) in [6.07, 6.45) is 5.26. The quantitative estimate of drug-likeness (QED) is 0.574. The number of carbonyl (C=O) groups excluding carboxylic acids is 1. The summed E-state index contributed by atoms with van der Waals surface area (Å²) in [7, 11) is 0. The Balaban J connectivity index is 1.24. The fourth-order valence-electron chi connectivity index (χ4n) is 3.59. The maximum Gasteiger partial charge on any atom is 0.240 e. The van der Waals surface area contributed by atoms with Crippen LogP contribution in [0, 0.1) is 0 Å². The molecule has 0 saturated carbocycles. The first-order valence-electron chi connectivity index (χ1n) is 10.6. The maximum absolute atomic E-state index is 12.2. The first kappa shape index (κ1) is 20.8. The molecule has 31 heavy (non-hydrogen) atoms. The van der Waals surface area contributed by atoms with Gasteiger partial charge in [-0.2, -0.15) is 0 Å². The van der Waals surface area contributed by atoms with E-state index in [1.165, 1.54) is 0 Å². The van der Waals surface area contributed by atoms with Crippen molar-refractivity contribution in [3.05, 3.63) is 72.8 Å². The fourth-order valence-corrected chi connectivity index (χ4v) is 3.59. The third kappa shape index (κ3) is 5.36. The van der Waals surface area contributed by atoms with E-state index in [2.05, 4.69) is 39.5 Å². The van der Waals surface area contributed by atoms with Gasteiger partial charge in [-0.15, -0.1) is 0 Å². The number of aromatic nitrogens is 2. The van der Waals surface area contributed by atoms with E-state index < -0.39 is 0 Å². The predicted octanol–water partition coefficient (Wildman–Crippen LogP) is 3.43. The van der Waals surface area contributed by atoms with Gasteiger partial charge >= 0.3 is 0 Å². The summed E-state index contributed by atoms with van der Waals surface area (Å²) in [6.45, 7) is 6.59. The molecule has 0 bridgehead atoms. The van der Waals surface area contributed by atoms with Crippen LogP contribution in [0.15, 0.2) is 67.3 Å². The van der Waals surface area contributed by atoms with E-state index in [4.69, 9.17) is 9.47 Å². The molecule has 1 aliphatic rings. The van der Waals surface area contributed by atoms with Crippen LogP contribution >= 0.6 is 0 Å². The smallest absolute Gasteiger partial charge is 0.240 e. The average Bonchev–Trinajstić information content (AvgIpc) is 3.25. The lowest BCUT2D eigenvalue weighted by atomic mass is 10.1. The zero-order valence-corrected chi connectivity index (χ0v) is 17.9. The number of hydrogen-bond donors (Lipinski definition) is 1. The minimum atomic E-state index is -0.0581. The monoisotopic (exact) mass is 420 g/mol. The molecule has 1 saturated heterocycles. The Morgan fingerprint density at radius 3 is 2.48 bits per heavy atom. The number of imidazole rings is 1. The molecule has 3 aromatic rings. The van der Waals surface area contributed by atoms with Crippen molar-refractivity contribution in [2.75, 3.05) is 24.6 Å². The Morgan fingerprint density at radius 1 is 1.13 bits per heavy atom. The largest absolute Gasteiger partial charge is 0.494 e. The molecule has 2 heterocycles. The van der Waals surface area contributed by atoms with Gasteiger partial charge in [-0.05, 0) is 55.8 Å². The zero-order chi connectivity index (χ0) is 21.6. The van der Waals surface area contributed by atoms with Gasteiger partial charge < -0.3 is 24.3 Å². The predicted molar refractivity (Wildman–Crippen MR) is 119 cm³/mol. The van der Waals surface area contributed by atoms with Gasteiger partial charge in [0, 0.05) is 18.1 Å². The van der Waals surface area contributed by atoms with Crippen LogP contribution in [0.3, 0.4) is 0 Å². The van der Waals surface area contributed by atoms with Crippen molar-refractivity contribution in [3.8, 4) is 11.5 Å². The van der Waals surface area contributed by atoms with Gasteiger partial charge in [-0.25, -0.2) is 4.98 Å². The molecule has 0 spiro atoms. The van der Waals surface area contributed by atoms with Crippen molar-refractivity contribution in [3.63, 3.8) is 0 Å².